The Balaban J connectivity index is 2.04. The highest BCUT2D eigenvalue weighted by molar-refractivity contribution is 5.81. The molecule has 2 aliphatic rings. The Kier molecular flexibility index (Phi) is 2.54. The van der Waals surface area contributed by atoms with E-state index in [2.05, 4.69) is 5.32 Å². The highest BCUT2D eigenvalue weighted by atomic mass is 16.5. The van der Waals surface area contributed by atoms with Gasteiger partial charge in [-0.25, -0.2) is 0 Å². The molecule has 0 aromatic carbocycles. The van der Waals surface area contributed by atoms with Gasteiger partial charge in [0.2, 0.25) is 5.91 Å². The normalized spacial score (nSPS) is 38.5. The van der Waals surface area contributed by atoms with Crippen molar-refractivity contribution in [1.29, 1.82) is 0 Å². The maximum atomic E-state index is 11.5. The Bertz CT molecular complexity index is 205. The predicted molar refractivity (Wildman–Crippen MR) is 49.0 cm³/mol. The van der Waals surface area contributed by atoms with Crippen LogP contribution in [0, 0.1) is 11.8 Å². The van der Waals surface area contributed by atoms with Gasteiger partial charge in [-0.1, -0.05) is 12.8 Å². The molecule has 1 heterocycles. The van der Waals surface area contributed by atoms with Crippen LogP contribution in [0.5, 0.6) is 0 Å². The third kappa shape index (κ3) is 1.57. The number of nitrogens with one attached hydrogen (secondary N) is 1. The molecule has 1 saturated heterocycles. The van der Waals surface area contributed by atoms with E-state index in [4.69, 9.17) is 4.74 Å². The monoisotopic (exact) mass is 183 g/mol. The Hall–Kier alpha value is -0.570. The standard InChI is InChI=1S/C10H17NO2/c1-2-13-10-8-6-4-3-5-7(8)9(12)11-10/h7-8,10H,2-6H2,1H3,(H,11,12)/t7-,8+,10-/m0/s1. The number of rotatable bonds is 2. The summed E-state index contributed by atoms with van der Waals surface area (Å²) >= 11 is 0. The molecule has 1 N–H and O–H groups in total. The molecule has 0 aromatic heterocycles. The number of carbonyl (C=O) groups excluding carboxylic acids is 1. The second-order valence-electron chi connectivity index (χ2n) is 3.94. The molecule has 0 radical (unpaired) electrons. The van der Waals surface area contributed by atoms with Gasteiger partial charge in [-0.05, 0) is 19.8 Å². The van der Waals surface area contributed by atoms with Gasteiger partial charge in [0.05, 0.1) is 0 Å². The van der Waals surface area contributed by atoms with Crippen LogP contribution in [0.3, 0.4) is 0 Å². The Morgan fingerprint density at radius 1 is 1.46 bits per heavy atom. The number of hydrogen-bond donors (Lipinski definition) is 1. The maximum absolute atomic E-state index is 11.5. The number of fused-ring (bicyclic) bond motifs is 1. The quantitative estimate of drug-likeness (QED) is 0.700. The minimum Gasteiger partial charge on any atom is -0.358 e. The van der Waals surface area contributed by atoms with E-state index < -0.39 is 0 Å². The van der Waals surface area contributed by atoms with Gasteiger partial charge in [-0.15, -0.1) is 0 Å². The first-order valence-electron chi connectivity index (χ1n) is 5.25. The third-order valence-electron chi connectivity index (χ3n) is 3.18. The summed E-state index contributed by atoms with van der Waals surface area (Å²) in [6.07, 6.45) is 4.66. The summed E-state index contributed by atoms with van der Waals surface area (Å²) in [5, 5.41) is 2.94. The van der Waals surface area contributed by atoms with Crippen LogP contribution in [0.15, 0.2) is 0 Å². The Morgan fingerprint density at radius 3 is 3.00 bits per heavy atom. The largest absolute Gasteiger partial charge is 0.358 e. The molecule has 3 heteroatoms. The SMILES string of the molecule is CCO[C@@H]1NC(=O)[C@H]2CCCC[C@H]21. The molecule has 0 spiro atoms. The van der Waals surface area contributed by atoms with E-state index in [1.54, 1.807) is 0 Å². The van der Waals surface area contributed by atoms with E-state index in [-0.39, 0.29) is 18.1 Å². The van der Waals surface area contributed by atoms with Gasteiger partial charge in [0.1, 0.15) is 6.23 Å². The summed E-state index contributed by atoms with van der Waals surface area (Å²) < 4.78 is 5.51. The molecular weight excluding hydrogens is 166 g/mol. The van der Waals surface area contributed by atoms with E-state index in [0.717, 1.165) is 12.8 Å². The zero-order valence-electron chi connectivity index (χ0n) is 8.08. The zero-order valence-corrected chi connectivity index (χ0v) is 8.08. The molecule has 3 nitrogen and oxygen atoms in total. The molecule has 1 saturated carbocycles. The van der Waals surface area contributed by atoms with E-state index in [0.29, 0.717) is 12.5 Å². The fourth-order valence-corrected chi connectivity index (χ4v) is 2.55. The van der Waals surface area contributed by atoms with Crippen LogP contribution < -0.4 is 5.32 Å². The average molecular weight is 183 g/mol. The van der Waals surface area contributed by atoms with E-state index in [9.17, 15) is 4.79 Å². The molecule has 3 atom stereocenters. The van der Waals surface area contributed by atoms with Crippen LogP contribution in [0.4, 0.5) is 0 Å². The van der Waals surface area contributed by atoms with Crippen molar-refractivity contribution in [2.45, 2.75) is 38.8 Å². The summed E-state index contributed by atoms with van der Waals surface area (Å²) in [5.41, 5.74) is 0. The van der Waals surface area contributed by atoms with Crippen LogP contribution in [-0.4, -0.2) is 18.7 Å². The molecule has 0 aromatic rings. The summed E-state index contributed by atoms with van der Waals surface area (Å²) in [6, 6.07) is 0. The number of amides is 1. The number of hydrogen-bond acceptors (Lipinski definition) is 2. The Morgan fingerprint density at radius 2 is 2.23 bits per heavy atom. The molecule has 13 heavy (non-hydrogen) atoms. The first kappa shape index (κ1) is 9.00. The van der Waals surface area contributed by atoms with Crippen LogP contribution >= 0.6 is 0 Å². The lowest BCUT2D eigenvalue weighted by atomic mass is 9.81. The lowest BCUT2D eigenvalue weighted by Gasteiger charge is -2.26. The number of ether oxygens (including phenoxy) is 1. The highest BCUT2D eigenvalue weighted by Crippen LogP contribution is 2.36. The highest BCUT2D eigenvalue weighted by Gasteiger charge is 2.43. The molecular formula is C10H17NO2. The summed E-state index contributed by atoms with van der Waals surface area (Å²) in [7, 11) is 0. The molecule has 74 valence electrons. The fraction of sp³-hybridized carbons (Fsp3) is 0.900. The number of carbonyl (C=O) groups is 1. The van der Waals surface area contributed by atoms with Crippen molar-refractivity contribution in [1.82, 2.24) is 5.32 Å². The van der Waals surface area contributed by atoms with Gasteiger partial charge >= 0.3 is 0 Å². The van der Waals surface area contributed by atoms with Crippen molar-refractivity contribution < 1.29 is 9.53 Å². The smallest absolute Gasteiger partial charge is 0.225 e. The van der Waals surface area contributed by atoms with E-state index in [1.165, 1.54) is 12.8 Å². The van der Waals surface area contributed by atoms with Crippen molar-refractivity contribution >= 4 is 5.91 Å². The van der Waals surface area contributed by atoms with Gasteiger partial charge in [0, 0.05) is 18.4 Å². The van der Waals surface area contributed by atoms with Gasteiger partial charge in [0.15, 0.2) is 0 Å². The van der Waals surface area contributed by atoms with Crippen molar-refractivity contribution in [3.8, 4) is 0 Å². The predicted octanol–water partition coefficient (Wildman–Crippen LogP) is 1.29. The van der Waals surface area contributed by atoms with Gasteiger partial charge in [-0.3, -0.25) is 4.79 Å². The topological polar surface area (TPSA) is 38.3 Å². The van der Waals surface area contributed by atoms with Gasteiger partial charge in [-0.2, -0.15) is 0 Å². The lowest BCUT2D eigenvalue weighted by Crippen LogP contribution is -2.32. The molecule has 0 unspecified atom stereocenters. The minimum absolute atomic E-state index is 0.00259. The first-order chi connectivity index (χ1) is 6.33. The van der Waals surface area contributed by atoms with Crippen molar-refractivity contribution in [3.05, 3.63) is 0 Å². The molecule has 2 rings (SSSR count). The van der Waals surface area contributed by atoms with Crippen LogP contribution in [0.25, 0.3) is 0 Å². The summed E-state index contributed by atoms with van der Waals surface area (Å²) in [6.45, 7) is 2.66. The molecule has 2 fully saturated rings. The minimum atomic E-state index is 0.00259. The Labute approximate surface area is 78.8 Å². The molecule has 0 bridgehead atoms. The molecule has 1 amide bonds. The molecule has 1 aliphatic carbocycles. The zero-order chi connectivity index (χ0) is 9.26. The van der Waals surface area contributed by atoms with Crippen LogP contribution in [0.2, 0.25) is 0 Å². The first-order valence-corrected chi connectivity index (χ1v) is 5.25. The van der Waals surface area contributed by atoms with Crippen molar-refractivity contribution in [2.75, 3.05) is 6.61 Å². The van der Waals surface area contributed by atoms with Gasteiger partial charge in [0.25, 0.3) is 0 Å². The van der Waals surface area contributed by atoms with E-state index in [1.807, 2.05) is 6.92 Å². The lowest BCUT2D eigenvalue weighted by molar-refractivity contribution is -0.124. The summed E-state index contributed by atoms with van der Waals surface area (Å²) in [4.78, 5) is 11.5. The average Bonchev–Trinajstić information content (AvgIpc) is 2.46. The van der Waals surface area contributed by atoms with Crippen molar-refractivity contribution in [3.63, 3.8) is 0 Å². The maximum Gasteiger partial charge on any atom is 0.225 e. The second kappa shape index (κ2) is 3.66. The van der Waals surface area contributed by atoms with E-state index >= 15 is 0 Å². The van der Waals surface area contributed by atoms with Gasteiger partial charge < -0.3 is 10.1 Å². The second-order valence-corrected chi connectivity index (χ2v) is 3.94. The fourth-order valence-electron chi connectivity index (χ4n) is 2.55. The van der Waals surface area contributed by atoms with Crippen LogP contribution in [-0.2, 0) is 9.53 Å². The third-order valence-corrected chi connectivity index (χ3v) is 3.18. The summed E-state index contributed by atoms with van der Waals surface area (Å²) in [5.74, 6) is 0.898. The molecule has 1 aliphatic heterocycles. The van der Waals surface area contributed by atoms with Crippen LogP contribution in [0.1, 0.15) is 32.6 Å². The van der Waals surface area contributed by atoms with Crippen molar-refractivity contribution in [2.24, 2.45) is 11.8 Å².